The van der Waals surface area contributed by atoms with Crippen LogP contribution in [0, 0.1) is 11.8 Å². The van der Waals surface area contributed by atoms with Crippen molar-refractivity contribution in [2.45, 2.75) is 47.7 Å². The number of hydrogen-bond donors (Lipinski definition) is 0. The number of hydrogen-bond acceptors (Lipinski definition) is 3. The van der Waals surface area contributed by atoms with Gasteiger partial charge in [-0.05, 0) is 12.8 Å². The summed E-state index contributed by atoms with van der Waals surface area (Å²) in [7, 11) is -0.299. The van der Waals surface area contributed by atoms with E-state index in [2.05, 4.69) is 12.6 Å². The molecule has 0 spiro atoms. The number of fused-ring (bicyclic) bond motifs is 12. The molecule has 0 aromatic heterocycles. The van der Waals surface area contributed by atoms with Gasteiger partial charge >= 0.3 is 6.16 Å². The second-order valence-electron chi connectivity index (χ2n) is 6.29. The monoisotopic (exact) mass is 282 g/mol. The Labute approximate surface area is 108 Å². The Morgan fingerprint density at radius 3 is 1.94 bits per heavy atom. The molecule has 3 nitrogen and oxygen atoms in total. The SMILES string of the molecule is C=[P+]1C2CCC1C1C2C2C3OC(=O)OC3C1[P+]2=C. The smallest absolute Gasteiger partial charge is 0.422 e. The van der Waals surface area contributed by atoms with Gasteiger partial charge in [-0.25, -0.2) is 4.79 Å². The number of carbonyl (C=O) groups is 1. The van der Waals surface area contributed by atoms with E-state index in [0.717, 1.165) is 23.2 Å². The van der Waals surface area contributed by atoms with Gasteiger partial charge in [0.2, 0.25) is 0 Å². The molecule has 0 saturated carbocycles. The van der Waals surface area contributed by atoms with Crippen LogP contribution in [0.25, 0.3) is 0 Å². The first kappa shape index (κ1) is 10.4. The van der Waals surface area contributed by atoms with E-state index < -0.39 is 6.16 Å². The minimum atomic E-state index is -0.438. The van der Waals surface area contributed by atoms with E-state index in [0.29, 0.717) is 11.3 Å². The van der Waals surface area contributed by atoms with E-state index in [9.17, 15) is 4.79 Å². The molecule has 94 valence electrons. The van der Waals surface area contributed by atoms with Gasteiger partial charge in [0.1, 0.15) is 18.9 Å². The van der Waals surface area contributed by atoms with Crippen molar-refractivity contribution in [3.8, 4) is 0 Å². The summed E-state index contributed by atoms with van der Waals surface area (Å²) < 4.78 is 10.9. The molecular formula is C13H16O3P2+2. The van der Waals surface area contributed by atoms with Gasteiger partial charge in [0.05, 0.1) is 32.0 Å². The van der Waals surface area contributed by atoms with Crippen LogP contribution in [0.3, 0.4) is 0 Å². The maximum absolute atomic E-state index is 11.4. The van der Waals surface area contributed by atoms with Crippen molar-refractivity contribution >= 4 is 33.8 Å². The van der Waals surface area contributed by atoms with Crippen molar-refractivity contribution in [2.75, 3.05) is 0 Å². The molecule has 0 radical (unpaired) electrons. The summed E-state index contributed by atoms with van der Waals surface area (Å²) in [4.78, 5) is 11.4. The summed E-state index contributed by atoms with van der Waals surface area (Å²) in [6.45, 7) is 0. The molecule has 5 fully saturated rings. The molecular weight excluding hydrogens is 266 g/mol. The molecule has 4 bridgehead atoms. The van der Waals surface area contributed by atoms with Crippen molar-refractivity contribution < 1.29 is 14.3 Å². The summed E-state index contributed by atoms with van der Waals surface area (Å²) in [6, 6.07) is 0. The van der Waals surface area contributed by atoms with Crippen LogP contribution in [0.2, 0.25) is 0 Å². The lowest BCUT2D eigenvalue weighted by molar-refractivity contribution is 0.0725. The quantitative estimate of drug-likeness (QED) is 0.505. The molecule has 18 heavy (non-hydrogen) atoms. The van der Waals surface area contributed by atoms with Gasteiger partial charge in [-0.15, -0.1) is 0 Å². The predicted octanol–water partition coefficient (Wildman–Crippen LogP) is 2.26. The fraction of sp³-hybridized carbons (Fsp3) is 0.769. The average molecular weight is 282 g/mol. The standard InChI is InChI=1S/C13H16O3P2/c1-17-5-3-4-6(17)8-7(5)11-9-10(12(8)18(11)2)16-13(14)15-9/h5-12H,1-4H2/q+2. The molecule has 0 aromatic carbocycles. The van der Waals surface area contributed by atoms with Gasteiger partial charge in [0.25, 0.3) is 0 Å². The number of rotatable bonds is 0. The third-order valence-electron chi connectivity index (χ3n) is 5.96. The van der Waals surface area contributed by atoms with Crippen molar-refractivity contribution in [3.63, 3.8) is 0 Å². The Hall–Kier alpha value is -0.390. The zero-order chi connectivity index (χ0) is 12.2. The van der Waals surface area contributed by atoms with Crippen molar-refractivity contribution in [1.29, 1.82) is 0 Å². The Morgan fingerprint density at radius 1 is 0.944 bits per heavy atom. The summed E-state index contributed by atoms with van der Waals surface area (Å²) in [6.07, 6.45) is 11.3. The molecule has 0 aromatic rings. The van der Waals surface area contributed by atoms with E-state index in [1.807, 2.05) is 0 Å². The molecule has 5 rings (SSSR count). The van der Waals surface area contributed by atoms with Crippen molar-refractivity contribution in [3.05, 3.63) is 0 Å². The highest BCUT2D eigenvalue weighted by Gasteiger charge is 2.82. The van der Waals surface area contributed by atoms with Gasteiger partial charge in [-0.3, -0.25) is 0 Å². The fourth-order valence-electron chi connectivity index (χ4n) is 5.54. The van der Waals surface area contributed by atoms with Gasteiger partial charge in [-0.1, -0.05) is 0 Å². The van der Waals surface area contributed by atoms with E-state index in [4.69, 9.17) is 9.47 Å². The number of ether oxygens (including phenoxy) is 2. The third kappa shape index (κ3) is 0.907. The molecule has 0 N–H and O–H groups in total. The van der Waals surface area contributed by atoms with Crippen LogP contribution >= 0.6 is 15.1 Å². The van der Waals surface area contributed by atoms with Crippen LogP contribution in [0.5, 0.6) is 0 Å². The Morgan fingerprint density at radius 2 is 1.44 bits per heavy atom. The minimum Gasteiger partial charge on any atom is -0.422 e. The fourth-order valence-corrected chi connectivity index (χ4v) is 12.2. The predicted molar refractivity (Wildman–Crippen MR) is 74.6 cm³/mol. The highest BCUT2D eigenvalue weighted by atomic mass is 31.1. The lowest BCUT2D eigenvalue weighted by Gasteiger charge is -2.28. The molecule has 8 atom stereocenters. The number of carbonyl (C=O) groups excluding carboxylic acids is 1. The van der Waals surface area contributed by atoms with Gasteiger partial charge in [0.15, 0.2) is 23.5 Å². The summed E-state index contributed by atoms with van der Waals surface area (Å²) in [5.74, 6) is 1.52. The van der Waals surface area contributed by atoms with Crippen molar-refractivity contribution in [1.82, 2.24) is 0 Å². The lowest BCUT2D eigenvalue weighted by Crippen LogP contribution is -2.48. The molecule has 5 aliphatic rings. The highest BCUT2D eigenvalue weighted by molar-refractivity contribution is 7.60. The topological polar surface area (TPSA) is 35.5 Å². The van der Waals surface area contributed by atoms with Gasteiger partial charge in [0, 0.05) is 0 Å². The van der Waals surface area contributed by atoms with Crippen LogP contribution in [0.15, 0.2) is 0 Å². The summed E-state index contributed by atoms with van der Waals surface area (Å²) >= 11 is 0. The Balaban J connectivity index is 1.64. The maximum Gasteiger partial charge on any atom is 0.509 e. The van der Waals surface area contributed by atoms with Gasteiger partial charge in [-0.2, -0.15) is 0 Å². The Kier molecular flexibility index (Phi) is 1.75. The molecule has 5 heteroatoms. The van der Waals surface area contributed by atoms with E-state index in [-0.39, 0.29) is 27.3 Å². The van der Waals surface area contributed by atoms with Crippen LogP contribution in [0.1, 0.15) is 12.8 Å². The first-order valence-electron chi connectivity index (χ1n) is 6.73. The molecule has 5 saturated heterocycles. The molecule has 0 amide bonds. The molecule has 8 unspecified atom stereocenters. The molecule has 5 heterocycles. The minimum absolute atomic E-state index is 0.0354. The summed E-state index contributed by atoms with van der Waals surface area (Å²) in [5, 5.41) is 0. The van der Waals surface area contributed by atoms with Gasteiger partial charge < -0.3 is 9.47 Å². The van der Waals surface area contributed by atoms with E-state index in [1.54, 1.807) is 0 Å². The van der Waals surface area contributed by atoms with Crippen LogP contribution < -0.4 is 0 Å². The average Bonchev–Trinajstić information content (AvgIpc) is 3.04. The second kappa shape index (κ2) is 3.02. The second-order valence-corrected chi connectivity index (χ2v) is 10.9. The van der Waals surface area contributed by atoms with E-state index >= 15 is 0 Å². The lowest BCUT2D eigenvalue weighted by atomic mass is 9.69. The zero-order valence-corrected chi connectivity index (χ0v) is 11.9. The normalized spacial score (nSPS) is 62.8. The van der Waals surface area contributed by atoms with Crippen LogP contribution in [0.4, 0.5) is 4.79 Å². The molecule has 0 aliphatic carbocycles. The molecule has 5 aliphatic heterocycles. The Bertz CT molecular complexity index is 476. The first-order valence-corrected chi connectivity index (χ1v) is 10.1. The highest BCUT2D eigenvalue weighted by Crippen LogP contribution is 2.76. The van der Waals surface area contributed by atoms with E-state index in [1.165, 1.54) is 12.8 Å². The maximum atomic E-state index is 11.4. The largest absolute Gasteiger partial charge is 0.509 e. The zero-order valence-electron chi connectivity index (χ0n) is 10.1. The van der Waals surface area contributed by atoms with Crippen LogP contribution in [-0.4, -0.2) is 53.6 Å². The summed E-state index contributed by atoms with van der Waals surface area (Å²) in [5.41, 5.74) is 2.70. The van der Waals surface area contributed by atoms with Crippen LogP contribution in [-0.2, 0) is 9.47 Å². The third-order valence-corrected chi connectivity index (χ3v) is 11.7. The first-order chi connectivity index (χ1) is 8.68. The van der Waals surface area contributed by atoms with Crippen molar-refractivity contribution in [2.24, 2.45) is 11.8 Å².